The lowest BCUT2D eigenvalue weighted by Gasteiger charge is -2.42. The van der Waals surface area contributed by atoms with Crippen molar-refractivity contribution >= 4 is 22.6 Å². The average molecular weight is 833 g/mol. The number of carbonyl (C=O) groups is 1. The van der Waals surface area contributed by atoms with E-state index in [0.29, 0.717) is 13.0 Å². The number of hydrogen-bond acceptors (Lipinski definition) is 6. The summed E-state index contributed by atoms with van der Waals surface area (Å²) in [6, 6.07) is 9.63. The molecule has 1 rings (SSSR count). The fraction of sp³-hybridized carbons (Fsp3) is 0.857. The molecule has 1 aromatic carbocycles. The molecule has 0 aliphatic rings. The molecule has 0 amide bonds. The van der Waals surface area contributed by atoms with Crippen LogP contribution in [-0.2, 0) is 24.8 Å². The van der Waals surface area contributed by atoms with Crippen LogP contribution in [0.25, 0.3) is 0 Å². The predicted molar refractivity (Wildman–Crippen MR) is 253 cm³/mol. The number of nitrogens with two attached hydrogens (primary N) is 1. The summed E-state index contributed by atoms with van der Waals surface area (Å²) in [5.41, 5.74) is 7.51. The molecule has 0 aliphatic carbocycles. The molecule has 2 unspecified atom stereocenters. The van der Waals surface area contributed by atoms with Gasteiger partial charge in [-0.25, -0.2) is 0 Å². The van der Waals surface area contributed by atoms with Crippen molar-refractivity contribution < 1.29 is 18.4 Å². The van der Waals surface area contributed by atoms with Gasteiger partial charge in [-0.1, -0.05) is 188 Å². The normalized spacial score (nSPS) is 14.6. The van der Waals surface area contributed by atoms with Gasteiger partial charge in [0.15, 0.2) is 16.6 Å². The highest BCUT2D eigenvalue weighted by Crippen LogP contribution is 2.39. The lowest BCUT2D eigenvalue weighted by atomic mass is 10.0. The minimum absolute atomic E-state index is 0.146. The summed E-state index contributed by atoms with van der Waals surface area (Å²) in [5.74, 6) is -0.292. The standard InChI is InChI=1S/C49H96N2O4Si2/c1-13-15-17-19-21-23-25-30-35-44(54-56(9,10)48(3,4)5)41-51(39-32-40-53-47(52)46(50)38-37-43-33-28-27-29-34-43)42-45(55-57(11,12)49(6,7)8)36-31-26-24-22-20-18-16-14-2/h27-29,33-34,44-46H,13-26,30-32,35-42,50H2,1-12H3/t44?,45?,46-/m0/s1. The summed E-state index contributed by atoms with van der Waals surface area (Å²) in [7, 11) is -4.01. The molecule has 0 saturated carbocycles. The summed E-state index contributed by atoms with van der Waals surface area (Å²) in [4.78, 5) is 15.6. The fourth-order valence-corrected chi connectivity index (χ4v) is 9.82. The number of aryl methyl sites for hydroxylation is 1. The first-order chi connectivity index (χ1) is 26.8. The number of unbranched alkanes of at least 4 members (excludes halogenated alkanes) is 14. The predicted octanol–water partition coefficient (Wildman–Crippen LogP) is 14.0. The lowest BCUT2D eigenvalue weighted by Crippen LogP contribution is -2.50. The van der Waals surface area contributed by atoms with Gasteiger partial charge in [0.2, 0.25) is 0 Å². The van der Waals surface area contributed by atoms with Crippen LogP contribution in [0.15, 0.2) is 30.3 Å². The maximum atomic E-state index is 13.0. The van der Waals surface area contributed by atoms with Crippen LogP contribution >= 0.6 is 0 Å². The number of esters is 1. The zero-order valence-corrected chi connectivity index (χ0v) is 42.0. The highest BCUT2D eigenvalue weighted by atomic mass is 28.4. The molecule has 0 heterocycles. The van der Waals surface area contributed by atoms with Gasteiger partial charge in [0.1, 0.15) is 6.04 Å². The second-order valence-corrected chi connectivity index (χ2v) is 30.0. The largest absolute Gasteiger partial charge is 0.464 e. The summed E-state index contributed by atoms with van der Waals surface area (Å²) in [5, 5.41) is 0.292. The van der Waals surface area contributed by atoms with E-state index in [-0.39, 0.29) is 28.3 Å². The maximum absolute atomic E-state index is 13.0. The number of rotatable bonds is 34. The third-order valence-electron chi connectivity index (χ3n) is 13.0. The van der Waals surface area contributed by atoms with Gasteiger partial charge in [-0.05, 0) is 73.9 Å². The average Bonchev–Trinajstić information content (AvgIpc) is 3.13. The third kappa shape index (κ3) is 24.7. The van der Waals surface area contributed by atoms with Gasteiger partial charge in [0, 0.05) is 19.6 Å². The van der Waals surface area contributed by atoms with Crippen LogP contribution in [-0.4, -0.2) is 72.0 Å². The zero-order chi connectivity index (χ0) is 42.8. The molecule has 0 radical (unpaired) electrons. The molecule has 8 heteroatoms. The Morgan fingerprint density at radius 1 is 0.614 bits per heavy atom. The minimum Gasteiger partial charge on any atom is -0.464 e. The quantitative estimate of drug-likeness (QED) is 0.0424. The second-order valence-electron chi connectivity index (χ2n) is 20.4. The van der Waals surface area contributed by atoms with Crippen LogP contribution in [0.4, 0.5) is 0 Å². The van der Waals surface area contributed by atoms with Gasteiger partial charge in [0.05, 0.1) is 18.8 Å². The first kappa shape index (κ1) is 54.0. The molecule has 0 aliphatic heterocycles. The van der Waals surface area contributed by atoms with E-state index in [0.717, 1.165) is 45.3 Å². The highest BCUT2D eigenvalue weighted by Gasteiger charge is 2.41. The summed E-state index contributed by atoms with van der Waals surface area (Å²) < 4.78 is 20.4. The van der Waals surface area contributed by atoms with Crippen molar-refractivity contribution in [2.24, 2.45) is 5.73 Å². The molecule has 0 bridgehead atoms. The molecule has 57 heavy (non-hydrogen) atoms. The Balaban J connectivity index is 3.16. The Kier molecular flexibility index (Phi) is 27.7. The first-order valence-electron chi connectivity index (χ1n) is 23.9. The van der Waals surface area contributed by atoms with Gasteiger partial charge in [0.25, 0.3) is 0 Å². The van der Waals surface area contributed by atoms with Crippen molar-refractivity contribution in [2.45, 2.75) is 245 Å². The second kappa shape index (κ2) is 29.3. The van der Waals surface area contributed by atoms with E-state index in [1.807, 2.05) is 18.2 Å². The van der Waals surface area contributed by atoms with Crippen LogP contribution in [0.2, 0.25) is 36.3 Å². The number of carbonyl (C=O) groups excluding carboxylic acids is 1. The van der Waals surface area contributed by atoms with Crippen LogP contribution < -0.4 is 5.73 Å². The van der Waals surface area contributed by atoms with E-state index in [1.165, 1.54) is 108 Å². The van der Waals surface area contributed by atoms with E-state index in [2.05, 4.69) is 98.6 Å². The Morgan fingerprint density at radius 3 is 1.42 bits per heavy atom. The summed E-state index contributed by atoms with van der Waals surface area (Å²) in [6.45, 7) is 31.4. The number of benzene rings is 1. The SMILES string of the molecule is CCCCCCCCCCC(CN(CCCOC(=O)[C@@H](N)CCc1ccccc1)CC(CCCCCCCCCC)O[Si](C)(C)C(C)(C)C)O[Si](C)(C)C(C)(C)C. The van der Waals surface area contributed by atoms with E-state index in [9.17, 15) is 4.79 Å². The van der Waals surface area contributed by atoms with E-state index in [4.69, 9.17) is 19.3 Å². The van der Waals surface area contributed by atoms with Crippen molar-refractivity contribution in [3.05, 3.63) is 35.9 Å². The molecule has 0 aromatic heterocycles. The van der Waals surface area contributed by atoms with Gasteiger partial charge in [-0.15, -0.1) is 0 Å². The van der Waals surface area contributed by atoms with Crippen molar-refractivity contribution in [3.8, 4) is 0 Å². The summed E-state index contributed by atoms with van der Waals surface area (Å²) >= 11 is 0. The molecule has 6 nitrogen and oxygen atoms in total. The Labute approximate surface area is 357 Å². The number of nitrogens with zero attached hydrogens (tertiary/aromatic N) is 1. The van der Waals surface area contributed by atoms with E-state index in [1.54, 1.807) is 0 Å². The molecule has 0 spiro atoms. The molecule has 3 atom stereocenters. The number of hydrogen-bond donors (Lipinski definition) is 1. The maximum Gasteiger partial charge on any atom is 0.322 e. The third-order valence-corrected chi connectivity index (χ3v) is 22.0. The molecule has 2 N–H and O–H groups in total. The van der Waals surface area contributed by atoms with Crippen LogP contribution in [0.5, 0.6) is 0 Å². The van der Waals surface area contributed by atoms with Crippen molar-refractivity contribution in [3.63, 3.8) is 0 Å². The Hall–Kier alpha value is -1.04. The van der Waals surface area contributed by atoms with Crippen LogP contribution in [0.3, 0.4) is 0 Å². The lowest BCUT2D eigenvalue weighted by molar-refractivity contribution is -0.145. The Bertz CT molecular complexity index is 1080. The van der Waals surface area contributed by atoms with Gasteiger partial charge in [-0.3, -0.25) is 9.69 Å². The molecule has 1 aromatic rings. The molecule has 0 fully saturated rings. The smallest absolute Gasteiger partial charge is 0.322 e. The molecular formula is C49H96N2O4Si2. The first-order valence-corrected chi connectivity index (χ1v) is 29.7. The van der Waals surface area contributed by atoms with Gasteiger partial charge >= 0.3 is 5.97 Å². The Morgan fingerprint density at radius 2 is 1.02 bits per heavy atom. The monoisotopic (exact) mass is 833 g/mol. The fourth-order valence-electron chi connectivity index (χ4n) is 7.06. The highest BCUT2D eigenvalue weighted by molar-refractivity contribution is 6.74. The summed E-state index contributed by atoms with van der Waals surface area (Å²) in [6.07, 6.45) is 25.8. The molecule has 0 saturated heterocycles. The zero-order valence-electron chi connectivity index (χ0n) is 40.0. The van der Waals surface area contributed by atoms with Crippen LogP contribution in [0.1, 0.15) is 189 Å². The van der Waals surface area contributed by atoms with E-state index < -0.39 is 22.7 Å². The van der Waals surface area contributed by atoms with Crippen molar-refractivity contribution in [1.82, 2.24) is 4.90 Å². The van der Waals surface area contributed by atoms with Gasteiger partial charge in [-0.2, -0.15) is 0 Å². The molecular weight excluding hydrogens is 737 g/mol. The topological polar surface area (TPSA) is 74.0 Å². The van der Waals surface area contributed by atoms with Crippen molar-refractivity contribution in [1.29, 1.82) is 0 Å². The van der Waals surface area contributed by atoms with Crippen LogP contribution in [0, 0.1) is 0 Å². The molecule has 334 valence electrons. The number of ether oxygens (including phenoxy) is 1. The van der Waals surface area contributed by atoms with E-state index >= 15 is 0 Å². The minimum atomic E-state index is -2.00. The van der Waals surface area contributed by atoms with Gasteiger partial charge < -0.3 is 19.3 Å². The van der Waals surface area contributed by atoms with Crippen molar-refractivity contribution in [2.75, 3.05) is 26.2 Å².